The molecule has 1 unspecified atom stereocenters. The van der Waals surface area contributed by atoms with E-state index < -0.39 is 6.10 Å². The van der Waals surface area contributed by atoms with Crippen molar-refractivity contribution in [3.05, 3.63) is 23.9 Å². The Balaban J connectivity index is 2.03. The Labute approximate surface area is 97.1 Å². The highest BCUT2D eigenvalue weighted by molar-refractivity contribution is 5.40. The molecule has 1 aliphatic rings. The minimum absolute atomic E-state index is 0.418. The van der Waals surface area contributed by atoms with E-state index >= 15 is 0 Å². The van der Waals surface area contributed by atoms with Gasteiger partial charge in [-0.15, -0.1) is 0 Å². The van der Waals surface area contributed by atoms with Crippen LogP contribution in [0.4, 0.5) is 5.82 Å². The minimum atomic E-state index is -0.418. The van der Waals surface area contributed by atoms with E-state index in [0.717, 1.165) is 23.8 Å². The van der Waals surface area contributed by atoms with E-state index in [2.05, 4.69) is 16.9 Å². The summed E-state index contributed by atoms with van der Waals surface area (Å²) in [7, 11) is 2.08. The lowest BCUT2D eigenvalue weighted by atomic mass is 9.85. The Morgan fingerprint density at radius 3 is 2.88 bits per heavy atom. The van der Waals surface area contributed by atoms with Crippen LogP contribution in [0.1, 0.15) is 37.9 Å². The summed E-state index contributed by atoms with van der Waals surface area (Å²) in [6, 6.07) is 3.84. The average molecular weight is 220 g/mol. The number of pyridine rings is 1. The second-order valence-corrected chi connectivity index (χ2v) is 4.80. The van der Waals surface area contributed by atoms with Crippen molar-refractivity contribution >= 4 is 5.82 Å². The zero-order chi connectivity index (χ0) is 11.5. The van der Waals surface area contributed by atoms with Crippen molar-refractivity contribution in [2.24, 2.45) is 5.92 Å². The second-order valence-electron chi connectivity index (χ2n) is 4.80. The molecule has 0 spiro atoms. The van der Waals surface area contributed by atoms with Crippen LogP contribution in [0.3, 0.4) is 0 Å². The molecule has 1 atom stereocenters. The quantitative estimate of drug-likeness (QED) is 0.846. The maximum atomic E-state index is 9.52. The summed E-state index contributed by atoms with van der Waals surface area (Å²) in [6.07, 6.45) is 5.42. The minimum Gasteiger partial charge on any atom is -0.389 e. The van der Waals surface area contributed by atoms with Gasteiger partial charge in [-0.3, -0.25) is 0 Å². The molecule has 1 aromatic heterocycles. The third-order valence-corrected chi connectivity index (χ3v) is 3.40. The maximum absolute atomic E-state index is 9.52. The van der Waals surface area contributed by atoms with Gasteiger partial charge >= 0.3 is 0 Å². The van der Waals surface area contributed by atoms with Crippen LogP contribution in [0.5, 0.6) is 0 Å². The molecular formula is C13H20N2O. The zero-order valence-corrected chi connectivity index (χ0v) is 10.1. The summed E-state index contributed by atoms with van der Waals surface area (Å²) in [4.78, 5) is 6.54. The van der Waals surface area contributed by atoms with Gasteiger partial charge in [-0.1, -0.05) is 6.42 Å². The number of hydrogen-bond donors (Lipinski definition) is 1. The zero-order valence-electron chi connectivity index (χ0n) is 10.1. The van der Waals surface area contributed by atoms with Gasteiger partial charge in [0.15, 0.2) is 0 Å². The highest BCUT2D eigenvalue weighted by Gasteiger charge is 2.19. The first-order chi connectivity index (χ1) is 7.66. The highest BCUT2D eigenvalue weighted by atomic mass is 16.3. The smallest absolute Gasteiger partial charge is 0.128 e. The first kappa shape index (κ1) is 11.4. The Morgan fingerprint density at radius 2 is 2.31 bits per heavy atom. The standard InChI is InChI=1S/C13H20N2O/c1-10(16)12-6-7-14-13(8-12)15(2)9-11-4-3-5-11/h6-8,10-11,16H,3-5,9H2,1-2H3. The van der Waals surface area contributed by atoms with Crippen LogP contribution in [0.15, 0.2) is 18.3 Å². The van der Waals surface area contributed by atoms with E-state index in [1.807, 2.05) is 12.1 Å². The summed E-state index contributed by atoms with van der Waals surface area (Å²) < 4.78 is 0. The van der Waals surface area contributed by atoms with Gasteiger partial charge in [0, 0.05) is 19.8 Å². The monoisotopic (exact) mass is 220 g/mol. The summed E-state index contributed by atoms with van der Waals surface area (Å²) >= 11 is 0. The number of hydrogen-bond acceptors (Lipinski definition) is 3. The van der Waals surface area contributed by atoms with Crippen LogP contribution >= 0.6 is 0 Å². The first-order valence-electron chi connectivity index (χ1n) is 6.02. The molecule has 3 heteroatoms. The maximum Gasteiger partial charge on any atom is 0.128 e. The Bertz CT molecular complexity index is 348. The van der Waals surface area contributed by atoms with Crippen molar-refractivity contribution in [1.82, 2.24) is 4.98 Å². The molecule has 88 valence electrons. The fraction of sp³-hybridized carbons (Fsp3) is 0.615. The molecule has 0 amide bonds. The summed E-state index contributed by atoms with van der Waals surface area (Å²) in [5.41, 5.74) is 0.936. The molecule has 1 heterocycles. The molecule has 3 nitrogen and oxygen atoms in total. The lowest BCUT2D eigenvalue weighted by Gasteiger charge is -2.30. The molecule has 0 saturated heterocycles. The van der Waals surface area contributed by atoms with Crippen molar-refractivity contribution < 1.29 is 5.11 Å². The van der Waals surface area contributed by atoms with E-state index in [4.69, 9.17) is 0 Å². The van der Waals surface area contributed by atoms with Crippen molar-refractivity contribution in [2.75, 3.05) is 18.5 Å². The fourth-order valence-electron chi connectivity index (χ4n) is 2.06. The van der Waals surface area contributed by atoms with Crippen LogP contribution in [0, 0.1) is 5.92 Å². The van der Waals surface area contributed by atoms with Gasteiger partial charge in [0.1, 0.15) is 5.82 Å². The van der Waals surface area contributed by atoms with E-state index in [-0.39, 0.29) is 0 Å². The van der Waals surface area contributed by atoms with E-state index in [9.17, 15) is 5.11 Å². The van der Waals surface area contributed by atoms with Crippen molar-refractivity contribution in [3.63, 3.8) is 0 Å². The van der Waals surface area contributed by atoms with Gasteiger partial charge in [-0.25, -0.2) is 4.98 Å². The summed E-state index contributed by atoms with van der Waals surface area (Å²) in [5, 5.41) is 9.52. The van der Waals surface area contributed by atoms with Gasteiger partial charge in [-0.05, 0) is 43.4 Å². The van der Waals surface area contributed by atoms with Crippen molar-refractivity contribution in [2.45, 2.75) is 32.3 Å². The molecular weight excluding hydrogens is 200 g/mol. The largest absolute Gasteiger partial charge is 0.389 e. The fourth-order valence-corrected chi connectivity index (χ4v) is 2.06. The third-order valence-electron chi connectivity index (χ3n) is 3.40. The van der Waals surface area contributed by atoms with Crippen LogP contribution < -0.4 is 4.90 Å². The van der Waals surface area contributed by atoms with E-state index in [0.29, 0.717) is 0 Å². The van der Waals surface area contributed by atoms with Crippen molar-refractivity contribution in [3.8, 4) is 0 Å². The van der Waals surface area contributed by atoms with E-state index in [1.165, 1.54) is 19.3 Å². The van der Waals surface area contributed by atoms with Gasteiger partial charge in [0.05, 0.1) is 6.10 Å². The molecule has 2 rings (SSSR count). The number of anilines is 1. The van der Waals surface area contributed by atoms with Gasteiger partial charge in [0.2, 0.25) is 0 Å². The van der Waals surface area contributed by atoms with Crippen LogP contribution in [-0.4, -0.2) is 23.7 Å². The third kappa shape index (κ3) is 2.53. The van der Waals surface area contributed by atoms with Crippen LogP contribution in [0.2, 0.25) is 0 Å². The molecule has 1 aliphatic carbocycles. The van der Waals surface area contributed by atoms with Gasteiger partial charge < -0.3 is 10.0 Å². The Hall–Kier alpha value is -1.09. The molecule has 1 fully saturated rings. The average Bonchev–Trinajstić information content (AvgIpc) is 2.23. The van der Waals surface area contributed by atoms with E-state index in [1.54, 1.807) is 13.1 Å². The molecule has 1 saturated carbocycles. The Morgan fingerprint density at radius 1 is 1.56 bits per heavy atom. The second kappa shape index (κ2) is 4.83. The molecule has 1 aromatic rings. The topological polar surface area (TPSA) is 36.4 Å². The molecule has 0 aliphatic heterocycles. The number of nitrogens with zero attached hydrogens (tertiary/aromatic N) is 2. The number of aliphatic hydroxyl groups excluding tert-OH is 1. The molecule has 0 aromatic carbocycles. The lowest BCUT2D eigenvalue weighted by molar-refractivity contribution is 0.199. The van der Waals surface area contributed by atoms with Gasteiger partial charge in [0.25, 0.3) is 0 Å². The number of rotatable bonds is 4. The first-order valence-corrected chi connectivity index (χ1v) is 6.02. The molecule has 0 bridgehead atoms. The summed E-state index contributed by atoms with van der Waals surface area (Å²) in [6.45, 7) is 2.86. The molecule has 16 heavy (non-hydrogen) atoms. The molecule has 1 N–H and O–H groups in total. The van der Waals surface area contributed by atoms with Crippen LogP contribution in [0.25, 0.3) is 0 Å². The molecule has 0 radical (unpaired) electrons. The van der Waals surface area contributed by atoms with Crippen molar-refractivity contribution in [1.29, 1.82) is 0 Å². The van der Waals surface area contributed by atoms with Gasteiger partial charge in [-0.2, -0.15) is 0 Å². The van der Waals surface area contributed by atoms with Crippen LogP contribution in [-0.2, 0) is 0 Å². The number of aliphatic hydroxyl groups is 1. The predicted molar refractivity (Wildman–Crippen MR) is 65.5 cm³/mol. The normalized spacial score (nSPS) is 17.9. The summed E-state index contributed by atoms with van der Waals surface area (Å²) in [5.74, 6) is 1.80. The lowest BCUT2D eigenvalue weighted by Crippen LogP contribution is -2.29. The highest BCUT2D eigenvalue weighted by Crippen LogP contribution is 2.28. The number of aromatic nitrogens is 1. The predicted octanol–water partition coefficient (Wildman–Crippen LogP) is 2.37. The SMILES string of the molecule is CC(O)c1ccnc(N(C)CC2CCC2)c1. The Kier molecular flexibility index (Phi) is 3.44.